The van der Waals surface area contributed by atoms with Crippen molar-refractivity contribution in [2.75, 3.05) is 20.3 Å². The first-order valence-electron chi connectivity index (χ1n) is 7.46. The van der Waals surface area contributed by atoms with Gasteiger partial charge in [0.05, 0.1) is 24.6 Å². The second kappa shape index (κ2) is 8.56. The van der Waals surface area contributed by atoms with Crippen molar-refractivity contribution in [1.82, 2.24) is 0 Å². The zero-order valence-corrected chi connectivity index (χ0v) is 13.8. The molecule has 0 unspecified atom stereocenters. The molecule has 2 saturated heterocycles. The largest absolute Gasteiger partial charge is 0.395 e. The van der Waals surface area contributed by atoms with Crippen LogP contribution in [0.3, 0.4) is 0 Å². The van der Waals surface area contributed by atoms with Gasteiger partial charge in [0.2, 0.25) is 0 Å². The lowest BCUT2D eigenvalue weighted by Crippen LogP contribution is -2.62. The highest BCUT2D eigenvalue weighted by Crippen LogP contribution is 2.36. The SMILES string of the molecule is CO[C@H]1O[C@H](CO)[C@@H](O)[C@H](O)[C@H]1O[C@H]1S[C@H](CO)[C@@H](O)[C@H](O)[C@H]1O. The molecule has 0 aliphatic carbocycles. The smallest absolute Gasteiger partial charge is 0.186 e. The second-order valence-electron chi connectivity index (χ2n) is 5.74. The zero-order chi connectivity index (χ0) is 18.0. The van der Waals surface area contributed by atoms with Crippen LogP contribution in [-0.4, -0.2) is 116 Å². The van der Waals surface area contributed by atoms with Crippen molar-refractivity contribution in [3.63, 3.8) is 0 Å². The lowest BCUT2D eigenvalue weighted by Gasteiger charge is -2.45. The molecule has 2 aliphatic heterocycles. The topological polar surface area (TPSA) is 169 Å². The van der Waals surface area contributed by atoms with Gasteiger partial charge in [-0.1, -0.05) is 0 Å². The van der Waals surface area contributed by atoms with Crippen LogP contribution in [0.15, 0.2) is 0 Å². The highest BCUT2D eigenvalue weighted by atomic mass is 32.2. The molecule has 2 aliphatic rings. The molecule has 0 bridgehead atoms. The fraction of sp³-hybridized carbons (Fsp3) is 1.00. The molecule has 0 aromatic heterocycles. The molecular formula is C13H24O10S. The van der Waals surface area contributed by atoms with E-state index in [2.05, 4.69) is 0 Å². The molecule has 24 heavy (non-hydrogen) atoms. The maximum Gasteiger partial charge on any atom is 0.186 e. The van der Waals surface area contributed by atoms with Crippen LogP contribution in [0, 0.1) is 0 Å². The van der Waals surface area contributed by atoms with Gasteiger partial charge in [0.1, 0.15) is 42.1 Å². The highest BCUT2D eigenvalue weighted by Gasteiger charge is 2.50. The van der Waals surface area contributed by atoms with Gasteiger partial charge in [-0.25, -0.2) is 0 Å². The number of ether oxygens (including phenoxy) is 3. The van der Waals surface area contributed by atoms with Gasteiger partial charge >= 0.3 is 0 Å². The summed E-state index contributed by atoms with van der Waals surface area (Å²) in [6.45, 7) is -0.995. The molecule has 0 aromatic carbocycles. The van der Waals surface area contributed by atoms with Crippen LogP contribution in [0.5, 0.6) is 0 Å². The minimum atomic E-state index is -1.55. The average Bonchev–Trinajstić information content (AvgIpc) is 2.59. The average molecular weight is 372 g/mol. The molecule has 2 heterocycles. The Labute approximate surface area is 142 Å². The van der Waals surface area contributed by atoms with Gasteiger partial charge in [0.15, 0.2) is 6.29 Å². The van der Waals surface area contributed by atoms with Gasteiger partial charge < -0.3 is 50.0 Å². The number of hydrogen-bond donors (Lipinski definition) is 7. The maximum absolute atomic E-state index is 10.2. The van der Waals surface area contributed by atoms with Crippen molar-refractivity contribution >= 4 is 11.8 Å². The van der Waals surface area contributed by atoms with Crippen molar-refractivity contribution in [3.8, 4) is 0 Å². The fourth-order valence-electron chi connectivity index (χ4n) is 2.73. The Morgan fingerprint density at radius 3 is 2.08 bits per heavy atom. The molecule has 142 valence electrons. The molecule has 0 aromatic rings. The van der Waals surface area contributed by atoms with Gasteiger partial charge in [-0.2, -0.15) is 0 Å². The van der Waals surface area contributed by atoms with Crippen LogP contribution in [0.25, 0.3) is 0 Å². The molecule has 10 atom stereocenters. The van der Waals surface area contributed by atoms with Crippen molar-refractivity contribution in [3.05, 3.63) is 0 Å². The molecule has 0 saturated carbocycles. The van der Waals surface area contributed by atoms with Crippen molar-refractivity contribution in [2.45, 2.75) is 59.7 Å². The summed E-state index contributed by atoms with van der Waals surface area (Å²) in [4.78, 5) is 0. The Bertz CT molecular complexity index is 397. The lowest BCUT2D eigenvalue weighted by molar-refractivity contribution is -0.310. The summed E-state index contributed by atoms with van der Waals surface area (Å²) in [5.41, 5.74) is -1.11. The summed E-state index contributed by atoms with van der Waals surface area (Å²) in [5, 5.41) is 67.4. The summed E-state index contributed by atoms with van der Waals surface area (Å²) in [6, 6.07) is 0. The van der Waals surface area contributed by atoms with E-state index in [1.165, 1.54) is 7.11 Å². The van der Waals surface area contributed by atoms with E-state index < -0.39 is 72.9 Å². The van der Waals surface area contributed by atoms with E-state index in [0.717, 1.165) is 11.8 Å². The van der Waals surface area contributed by atoms with Crippen LogP contribution < -0.4 is 0 Å². The van der Waals surface area contributed by atoms with E-state index in [0.29, 0.717) is 0 Å². The molecule has 0 spiro atoms. The summed E-state index contributed by atoms with van der Waals surface area (Å²) < 4.78 is 15.9. The summed E-state index contributed by atoms with van der Waals surface area (Å²) in [7, 11) is 1.28. The lowest BCUT2D eigenvalue weighted by atomic mass is 9.99. The molecule has 0 amide bonds. The molecule has 0 radical (unpaired) electrons. The van der Waals surface area contributed by atoms with E-state index in [1.807, 2.05) is 0 Å². The van der Waals surface area contributed by atoms with Crippen LogP contribution in [0.2, 0.25) is 0 Å². The van der Waals surface area contributed by atoms with Gasteiger partial charge in [0, 0.05) is 7.11 Å². The summed E-state index contributed by atoms with van der Waals surface area (Å²) in [5.74, 6) is 0. The first kappa shape index (κ1) is 20.3. The highest BCUT2D eigenvalue weighted by molar-refractivity contribution is 8.00. The number of rotatable bonds is 5. The predicted octanol–water partition coefficient (Wildman–Crippen LogP) is -4.03. The van der Waals surface area contributed by atoms with Crippen molar-refractivity contribution in [1.29, 1.82) is 0 Å². The van der Waals surface area contributed by atoms with Crippen molar-refractivity contribution in [2.24, 2.45) is 0 Å². The molecule has 10 nitrogen and oxygen atoms in total. The Morgan fingerprint density at radius 2 is 1.54 bits per heavy atom. The van der Waals surface area contributed by atoms with E-state index in [4.69, 9.17) is 19.3 Å². The van der Waals surface area contributed by atoms with Gasteiger partial charge in [0.25, 0.3) is 0 Å². The van der Waals surface area contributed by atoms with E-state index in [1.54, 1.807) is 0 Å². The summed E-state index contributed by atoms with van der Waals surface area (Å²) in [6.07, 6.45) is -10.7. The standard InChI is InChI=1S/C13H24O10S/c1-21-12-11(9(19)6(16)4(2-14)22-12)23-13-10(20)8(18)7(17)5(3-15)24-13/h4-20H,2-3H2,1H3/t4-,5-,6-,7-,8+,9+,10-,11-,12+,13+/m1/s1. The van der Waals surface area contributed by atoms with Crippen LogP contribution in [-0.2, 0) is 14.2 Å². The van der Waals surface area contributed by atoms with Crippen LogP contribution in [0.1, 0.15) is 0 Å². The molecular weight excluding hydrogens is 348 g/mol. The number of thioether (sulfide) groups is 1. The van der Waals surface area contributed by atoms with Gasteiger partial charge in [-0.3, -0.25) is 0 Å². The van der Waals surface area contributed by atoms with E-state index in [9.17, 15) is 30.6 Å². The Balaban J connectivity index is 2.12. The summed E-state index contributed by atoms with van der Waals surface area (Å²) >= 11 is 0.882. The minimum absolute atomic E-state index is 0.456. The Kier molecular flexibility index (Phi) is 7.22. The third-order valence-corrected chi connectivity index (χ3v) is 5.63. The third-order valence-electron chi connectivity index (χ3n) is 4.20. The third kappa shape index (κ3) is 3.86. The quantitative estimate of drug-likeness (QED) is 0.251. The van der Waals surface area contributed by atoms with Crippen molar-refractivity contribution < 1.29 is 50.0 Å². The van der Waals surface area contributed by atoms with Gasteiger partial charge in [-0.05, 0) is 0 Å². The monoisotopic (exact) mass is 372 g/mol. The number of aliphatic hydroxyl groups is 7. The molecule has 7 N–H and O–H groups in total. The number of methoxy groups -OCH3 is 1. The first-order valence-corrected chi connectivity index (χ1v) is 8.41. The molecule has 2 rings (SSSR count). The maximum atomic E-state index is 10.2. The van der Waals surface area contributed by atoms with E-state index in [-0.39, 0.29) is 0 Å². The Morgan fingerprint density at radius 1 is 0.875 bits per heavy atom. The second-order valence-corrected chi connectivity index (χ2v) is 7.08. The normalized spacial score (nSPS) is 50.0. The molecule has 2 fully saturated rings. The van der Waals surface area contributed by atoms with E-state index >= 15 is 0 Å². The van der Waals surface area contributed by atoms with Crippen LogP contribution in [0.4, 0.5) is 0 Å². The Hall–Kier alpha value is -0.0500. The number of hydrogen-bond acceptors (Lipinski definition) is 11. The first-order chi connectivity index (χ1) is 11.3. The predicted molar refractivity (Wildman–Crippen MR) is 79.9 cm³/mol. The fourth-order valence-corrected chi connectivity index (χ4v) is 3.99. The van der Waals surface area contributed by atoms with Gasteiger partial charge in [-0.15, -0.1) is 11.8 Å². The molecule has 11 heteroatoms. The van der Waals surface area contributed by atoms with Crippen LogP contribution >= 0.6 is 11.8 Å². The number of aliphatic hydroxyl groups excluding tert-OH is 7. The minimum Gasteiger partial charge on any atom is -0.395 e. The zero-order valence-electron chi connectivity index (χ0n) is 13.0.